The van der Waals surface area contributed by atoms with Gasteiger partial charge in [0.25, 0.3) is 0 Å². The molecule has 0 saturated heterocycles. The first-order valence-corrected chi connectivity index (χ1v) is 7.07. The summed E-state index contributed by atoms with van der Waals surface area (Å²) in [6, 6.07) is 12.3. The number of hydrogen-bond acceptors (Lipinski definition) is 4. The molecule has 3 aromatic rings. The molecule has 0 aliphatic rings. The van der Waals surface area contributed by atoms with Crippen LogP contribution in [0.3, 0.4) is 0 Å². The highest BCUT2D eigenvalue weighted by Crippen LogP contribution is 2.26. The number of benzene rings is 2. The molecule has 0 bridgehead atoms. The van der Waals surface area contributed by atoms with Gasteiger partial charge in [0.1, 0.15) is 5.75 Å². The fraction of sp³-hybridized carbons (Fsp3) is 0.125. The molecule has 0 radical (unpaired) electrons. The SMILES string of the molecule is COc1ccc2cccc(Cc3ncc(C=O)s3)c2c1. The van der Waals surface area contributed by atoms with Crippen molar-refractivity contribution >= 4 is 28.4 Å². The molecule has 0 spiro atoms. The Balaban J connectivity index is 2.03. The molecule has 0 fully saturated rings. The Labute approximate surface area is 120 Å². The monoisotopic (exact) mass is 283 g/mol. The van der Waals surface area contributed by atoms with Gasteiger partial charge < -0.3 is 4.74 Å². The molecule has 100 valence electrons. The lowest BCUT2D eigenvalue weighted by molar-refractivity contribution is 0.112. The van der Waals surface area contributed by atoms with Crippen molar-refractivity contribution in [1.82, 2.24) is 4.98 Å². The summed E-state index contributed by atoms with van der Waals surface area (Å²) >= 11 is 1.44. The number of rotatable bonds is 4. The van der Waals surface area contributed by atoms with Crippen molar-refractivity contribution < 1.29 is 9.53 Å². The zero-order chi connectivity index (χ0) is 13.9. The quantitative estimate of drug-likeness (QED) is 0.685. The summed E-state index contributed by atoms with van der Waals surface area (Å²) in [6.07, 6.45) is 3.19. The molecule has 0 atom stereocenters. The van der Waals surface area contributed by atoms with Crippen LogP contribution in [0.4, 0.5) is 0 Å². The normalized spacial score (nSPS) is 10.7. The van der Waals surface area contributed by atoms with E-state index in [9.17, 15) is 4.79 Å². The zero-order valence-electron chi connectivity index (χ0n) is 11.0. The highest BCUT2D eigenvalue weighted by atomic mass is 32.1. The average Bonchev–Trinajstić information content (AvgIpc) is 2.95. The number of carbonyl (C=O) groups is 1. The maximum Gasteiger partial charge on any atom is 0.161 e. The number of thiazole rings is 1. The van der Waals surface area contributed by atoms with Gasteiger partial charge in [-0.25, -0.2) is 4.98 Å². The summed E-state index contributed by atoms with van der Waals surface area (Å²) in [5.41, 5.74) is 1.19. The first kappa shape index (κ1) is 12.8. The number of methoxy groups -OCH3 is 1. The largest absolute Gasteiger partial charge is 0.497 e. The third-order valence-corrected chi connectivity index (χ3v) is 4.13. The maximum atomic E-state index is 10.7. The first-order chi connectivity index (χ1) is 9.80. The van der Waals surface area contributed by atoms with Crippen LogP contribution in [0.15, 0.2) is 42.6 Å². The van der Waals surface area contributed by atoms with Crippen LogP contribution in [0.5, 0.6) is 5.75 Å². The summed E-state index contributed by atoms with van der Waals surface area (Å²) in [5, 5.41) is 3.28. The molecule has 1 heterocycles. The fourth-order valence-corrected chi connectivity index (χ4v) is 2.98. The van der Waals surface area contributed by atoms with Crippen molar-refractivity contribution in [2.75, 3.05) is 7.11 Å². The summed E-state index contributed by atoms with van der Waals surface area (Å²) in [4.78, 5) is 15.7. The Morgan fingerprint density at radius 2 is 2.20 bits per heavy atom. The van der Waals surface area contributed by atoms with Gasteiger partial charge in [0, 0.05) is 12.6 Å². The standard InChI is InChI=1S/C16H13NO2S/c1-19-13-6-5-11-3-2-4-12(15(11)8-13)7-16-17-9-14(10-18)20-16/h2-6,8-10H,7H2,1H3. The van der Waals surface area contributed by atoms with Crippen molar-refractivity contribution in [2.45, 2.75) is 6.42 Å². The van der Waals surface area contributed by atoms with E-state index in [4.69, 9.17) is 4.74 Å². The van der Waals surface area contributed by atoms with E-state index in [2.05, 4.69) is 23.2 Å². The van der Waals surface area contributed by atoms with Crippen LogP contribution < -0.4 is 4.74 Å². The van der Waals surface area contributed by atoms with Crippen LogP contribution in [0.1, 0.15) is 20.2 Å². The molecular formula is C16H13NO2S. The summed E-state index contributed by atoms with van der Waals surface area (Å²) in [5.74, 6) is 0.845. The zero-order valence-corrected chi connectivity index (χ0v) is 11.8. The second-order valence-electron chi connectivity index (χ2n) is 4.46. The predicted molar refractivity (Wildman–Crippen MR) is 80.8 cm³/mol. The molecule has 20 heavy (non-hydrogen) atoms. The Bertz CT molecular complexity index is 764. The minimum absolute atomic E-state index is 0.665. The molecule has 0 aliphatic carbocycles. The molecule has 3 rings (SSSR count). The molecule has 0 N–H and O–H groups in total. The fourth-order valence-electron chi connectivity index (χ4n) is 2.22. The lowest BCUT2D eigenvalue weighted by Gasteiger charge is -2.07. The van der Waals surface area contributed by atoms with Crippen molar-refractivity contribution in [1.29, 1.82) is 0 Å². The van der Waals surface area contributed by atoms with E-state index in [1.54, 1.807) is 13.3 Å². The van der Waals surface area contributed by atoms with Crippen molar-refractivity contribution in [2.24, 2.45) is 0 Å². The van der Waals surface area contributed by atoms with Gasteiger partial charge in [-0.05, 0) is 28.5 Å². The number of aromatic nitrogens is 1. The molecule has 0 amide bonds. The van der Waals surface area contributed by atoms with Crippen LogP contribution in [0, 0.1) is 0 Å². The Morgan fingerprint density at radius 3 is 2.95 bits per heavy atom. The van der Waals surface area contributed by atoms with E-state index in [0.29, 0.717) is 4.88 Å². The van der Waals surface area contributed by atoms with Crippen LogP contribution in [0.25, 0.3) is 10.8 Å². The number of hydrogen-bond donors (Lipinski definition) is 0. The van der Waals surface area contributed by atoms with Crippen LogP contribution in [-0.2, 0) is 6.42 Å². The van der Waals surface area contributed by atoms with E-state index in [1.165, 1.54) is 22.3 Å². The maximum absolute atomic E-state index is 10.7. The smallest absolute Gasteiger partial charge is 0.161 e. The van der Waals surface area contributed by atoms with Gasteiger partial charge >= 0.3 is 0 Å². The number of carbonyl (C=O) groups excluding carboxylic acids is 1. The van der Waals surface area contributed by atoms with Gasteiger partial charge in [-0.15, -0.1) is 11.3 Å². The summed E-state index contributed by atoms with van der Waals surface area (Å²) in [6.45, 7) is 0. The summed E-state index contributed by atoms with van der Waals surface area (Å²) in [7, 11) is 1.67. The minimum atomic E-state index is 0.665. The second kappa shape index (κ2) is 5.43. The third kappa shape index (κ3) is 2.42. The highest BCUT2D eigenvalue weighted by Gasteiger charge is 2.07. The number of aldehydes is 1. The van der Waals surface area contributed by atoms with Crippen molar-refractivity contribution in [3.63, 3.8) is 0 Å². The van der Waals surface area contributed by atoms with Crippen molar-refractivity contribution in [3.05, 3.63) is 58.0 Å². The lowest BCUT2D eigenvalue weighted by atomic mass is 10.0. The van der Waals surface area contributed by atoms with Gasteiger partial charge in [-0.3, -0.25) is 4.79 Å². The van der Waals surface area contributed by atoms with E-state index < -0.39 is 0 Å². The van der Waals surface area contributed by atoms with Crippen LogP contribution in [0.2, 0.25) is 0 Å². The first-order valence-electron chi connectivity index (χ1n) is 6.25. The predicted octanol–water partition coefficient (Wildman–Crippen LogP) is 3.71. The number of ether oxygens (including phenoxy) is 1. The van der Waals surface area contributed by atoms with Gasteiger partial charge in [-0.1, -0.05) is 24.3 Å². The molecule has 3 nitrogen and oxygen atoms in total. The molecule has 1 aromatic heterocycles. The van der Waals surface area contributed by atoms with Crippen LogP contribution >= 0.6 is 11.3 Å². The number of fused-ring (bicyclic) bond motifs is 1. The van der Waals surface area contributed by atoms with Gasteiger partial charge in [0.2, 0.25) is 0 Å². The van der Waals surface area contributed by atoms with E-state index in [-0.39, 0.29) is 0 Å². The highest BCUT2D eigenvalue weighted by molar-refractivity contribution is 7.13. The Kier molecular flexibility index (Phi) is 3.48. The van der Waals surface area contributed by atoms with E-state index in [0.717, 1.165) is 28.9 Å². The van der Waals surface area contributed by atoms with E-state index >= 15 is 0 Å². The molecule has 0 saturated carbocycles. The van der Waals surface area contributed by atoms with E-state index in [1.807, 2.05) is 18.2 Å². The molecule has 2 aromatic carbocycles. The van der Waals surface area contributed by atoms with Gasteiger partial charge in [-0.2, -0.15) is 0 Å². The van der Waals surface area contributed by atoms with Crippen LogP contribution in [-0.4, -0.2) is 18.4 Å². The Hall–Kier alpha value is -2.20. The minimum Gasteiger partial charge on any atom is -0.497 e. The van der Waals surface area contributed by atoms with Gasteiger partial charge in [0.05, 0.1) is 17.0 Å². The average molecular weight is 283 g/mol. The van der Waals surface area contributed by atoms with Gasteiger partial charge in [0.15, 0.2) is 6.29 Å². The lowest BCUT2D eigenvalue weighted by Crippen LogP contribution is -1.90. The molecule has 0 unspecified atom stereocenters. The molecule has 0 aliphatic heterocycles. The molecule has 4 heteroatoms. The number of nitrogens with zero attached hydrogens (tertiary/aromatic N) is 1. The molecular weight excluding hydrogens is 270 g/mol. The third-order valence-electron chi connectivity index (χ3n) is 3.21. The second-order valence-corrected chi connectivity index (χ2v) is 5.60. The van der Waals surface area contributed by atoms with Crippen molar-refractivity contribution in [3.8, 4) is 5.75 Å². The Morgan fingerprint density at radius 1 is 1.30 bits per heavy atom. The topological polar surface area (TPSA) is 39.2 Å². The summed E-state index contributed by atoms with van der Waals surface area (Å²) < 4.78 is 5.29.